The van der Waals surface area contributed by atoms with Gasteiger partial charge in [0.1, 0.15) is 11.9 Å². The first-order valence-corrected chi connectivity index (χ1v) is 10.1. The number of para-hydroxylation sites is 1. The highest BCUT2D eigenvalue weighted by molar-refractivity contribution is 6.02. The quantitative estimate of drug-likeness (QED) is 0.482. The Morgan fingerprint density at radius 2 is 1.53 bits per heavy atom. The van der Waals surface area contributed by atoms with Gasteiger partial charge in [-0.15, -0.1) is 0 Å². The molecule has 0 radical (unpaired) electrons. The summed E-state index contributed by atoms with van der Waals surface area (Å²) < 4.78 is 6.23. The molecule has 2 N–H and O–H groups in total. The maximum atomic E-state index is 12.7. The third-order valence-electron chi connectivity index (χ3n) is 5.46. The Hall–Kier alpha value is -3.79. The second kappa shape index (κ2) is 7.91. The average molecular weight is 394 g/mol. The summed E-state index contributed by atoms with van der Waals surface area (Å²) in [4.78, 5) is 12.7. The summed E-state index contributed by atoms with van der Waals surface area (Å²) in [6.45, 7) is 0.562. The first-order chi connectivity index (χ1) is 14.8. The Balaban J connectivity index is 1.49. The van der Waals surface area contributed by atoms with Gasteiger partial charge < -0.3 is 15.4 Å². The van der Waals surface area contributed by atoms with Crippen LogP contribution in [0.5, 0.6) is 5.75 Å². The molecule has 1 atom stereocenters. The number of nitrogens with one attached hydrogen (secondary N) is 2. The van der Waals surface area contributed by atoms with Gasteiger partial charge in [-0.2, -0.15) is 0 Å². The molecule has 5 rings (SSSR count). The van der Waals surface area contributed by atoms with Crippen molar-refractivity contribution in [3.63, 3.8) is 0 Å². The molecule has 0 aliphatic carbocycles. The summed E-state index contributed by atoms with van der Waals surface area (Å²) in [5.41, 5.74) is 3.66. The highest BCUT2D eigenvalue weighted by Crippen LogP contribution is 2.36. The maximum absolute atomic E-state index is 12.7. The fraction of sp³-hybridized carbons (Fsp3) is 0.115. The highest BCUT2D eigenvalue weighted by atomic mass is 16.5. The van der Waals surface area contributed by atoms with E-state index < -0.39 is 0 Å². The van der Waals surface area contributed by atoms with Crippen LogP contribution in [-0.2, 0) is 6.42 Å². The third kappa shape index (κ3) is 3.48. The van der Waals surface area contributed by atoms with E-state index >= 15 is 0 Å². The molecule has 4 nitrogen and oxygen atoms in total. The maximum Gasteiger partial charge on any atom is 0.255 e. The molecule has 1 unspecified atom stereocenters. The van der Waals surface area contributed by atoms with Gasteiger partial charge in [0.15, 0.2) is 0 Å². The number of carbonyl (C=O) groups excluding carboxylic acids is 1. The Morgan fingerprint density at radius 1 is 0.767 bits per heavy atom. The standard InChI is InChI=1S/C26H22N2O2/c29-26-21-12-6-7-13-22(21)27-25(28-26)24-20-11-5-4-10-19(20)14-15-23(24)30-17-16-18-8-2-1-3-9-18/h1-15,25,27H,16-17H2,(H,28,29). The number of rotatable bonds is 5. The smallest absolute Gasteiger partial charge is 0.255 e. The van der Waals surface area contributed by atoms with Gasteiger partial charge in [-0.25, -0.2) is 0 Å². The molecule has 0 aromatic heterocycles. The summed E-state index contributed by atoms with van der Waals surface area (Å²) in [6.07, 6.45) is 0.450. The number of benzene rings is 4. The molecule has 1 aliphatic heterocycles. The normalized spacial score (nSPS) is 15.2. The van der Waals surface area contributed by atoms with Crippen LogP contribution in [0.15, 0.2) is 91.0 Å². The molecule has 0 bridgehead atoms. The molecule has 4 aromatic carbocycles. The van der Waals surface area contributed by atoms with E-state index in [0.717, 1.165) is 34.2 Å². The largest absolute Gasteiger partial charge is 0.493 e. The lowest BCUT2D eigenvalue weighted by molar-refractivity contribution is 0.0935. The van der Waals surface area contributed by atoms with Gasteiger partial charge in [-0.1, -0.05) is 72.8 Å². The zero-order chi connectivity index (χ0) is 20.3. The van der Waals surface area contributed by atoms with Crippen LogP contribution >= 0.6 is 0 Å². The molecule has 30 heavy (non-hydrogen) atoms. The van der Waals surface area contributed by atoms with Crippen molar-refractivity contribution in [3.8, 4) is 5.75 Å². The minimum atomic E-state index is -0.370. The Bertz CT molecular complexity index is 1200. The van der Waals surface area contributed by atoms with Crippen molar-refractivity contribution in [2.75, 3.05) is 11.9 Å². The topological polar surface area (TPSA) is 50.4 Å². The van der Waals surface area contributed by atoms with Crippen molar-refractivity contribution >= 4 is 22.4 Å². The summed E-state index contributed by atoms with van der Waals surface area (Å²) >= 11 is 0. The molecule has 148 valence electrons. The molecule has 1 heterocycles. The van der Waals surface area contributed by atoms with Crippen LogP contribution in [-0.4, -0.2) is 12.5 Å². The van der Waals surface area contributed by atoms with E-state index in [9.17, 15) is 4.79 Å². The van der Waals surface area contributed by atoms with Crippen LogP contribution in [0, 0.1) is 0 Å². The van der Waals surface area contributed by atoms with Crippen LogP contribution in [0.1, 0.15) is 27.7 Å². The molecule has 1 amide bonds. The van der Waals surface area contributed by atoms with Gasteiger partial charge in [0.05, 0.1) is 12.2 Å². The average Bonchev–Trinajstić information content (AvgIpc) is 2.79. The van der Waals surface area contributed by atoms with Crippen molar-refractivity contribution < 1.29 is 9.53 Å². The monoisotopic (exact) mass is 394 g/mol. The number of carbonyl (C=O) groups is 1. The summed E-state index contributed by atoms with van der Waals surface area (Å²) in [7, 11) is 0. The van der Waals surface area contributed by atoms with E-state index in [1.165, 1.54) is 5.56 Å². The second-order valence-corrected chi connectivity index (χ2v) is 7.38. The number of hydrogen-bond donors (Lipinski definition) is 2. The third-order valence-corrected chi connectivity index (χ3v) is 5.46. The Kier molecular flexibility index (Phi) is 4.81. The Morgan fingerprint density at radius 3 is 2.43 bits per heavy atom. The van der Waals surface area contributed by atoms with E-state index in [0.29, 0.717) is 12.2 Å². The highest BCUT2D eigenvalue weighted by Gasteiger charge is 2.27. The van der Waals surface area contributed by atoms with Crippen LogP contribution in [0.4, 0.5) is 5.69 Å². The van der Waals surface area contributed by atoms with Crippen molar-refractivity contribution in [1.29, 1.82) is 0 Å². The van der Waals surface area contributed by atoms with E-state index in [1.54, 1.807) is 0 Å². The summed E-state index contributed by atoms with van der Waals surface area (Å²) in [5.74, 6) is 0.694. The van der Waals surface area contributed by atoms with Crippen molar-refractivity contribution in [2.45, 2.75) is 12.6 Å². The molecule has 0 saturated carbocycles. The number of anilines is 1. The van der Waals surface area contributed by atoms with Crippen molar-refractivity contribution in [1.82, 2.24) is 5.32 Å². The van der Waals surface area contributed by atoms with E-state index in [-0.39, 0.29) is 12.1 Å². The summed E-state index contributed by atoms with van der Waals surface area (Å²) in [6, 6.07) is 30.1. The molecular weight excluding hydrogens is 372 g/mol. The molecule has 4 heteroatoms. The SMILES string of the molecule is O=C1NC(c2c(OCCc3ccccc3)ccc3ccccc23)Nc2ccccc21. The summed E-state index contributed by atoms with van der Waals surface area (Å²) in [5, 5.41) is 8.74. The van der Waals surface area contributed by atoms with Crippen LogP contribution in [0.3, 0.4) is 0 Å². The number of ether oxygens (including phenoxy) is 1. The molecule has 0 fully saturated rings. The second-order valence-electron chi connectivity index (χ2n) is 7.38. The van der Waals surface area contributed by atoms with E-state index in [1.807, 2.05) is 60.7 Å². The minimum absolute atomic E-state index is 0.0856. The van der Waals surface area contributed by atoms with Gasteiger partial charge in [0.25, 0.3) is 5.91 Å². The van der Waals surface area contributed by atoms with Gasteiger partial charge in [-0.05, 0) is 34.5 Å². The first kappa shape index (κ1) is 18.3. The molecule has 0 saturated heterocycles. The number of fused-ring (bicyclic) bond motifs is 2. The molecule has 1 aliphatic rings. The fourth-order valence-electron chi connectivity index (χ4n) is 3.97. The van der Waals surface area contributed by atoms with Crippen LogP contribution < -0.4 is 15.4 Å². The molecular formula is C26H22N2O2. The lowest BCUT2D eigenvalue weighted by Crippen LogP contribution is -2.38. The van der Waals surface area contributed by atoms with Gasteiger partial charge >= 0.3 is 0 Å². The fourth-order valence-corrected chi connectivity index (χ4v) is 3.97. The lowest BCUT2D eigenvalue weighted by atomic mass is 9.98. The predicted octanol–water partition coefficient (Wildman–Crippen LogP) is 5.32. The van der Waals surface area contributed by atoms with Crippen molar-refractivity contribution in [2.24, 2.45) is 0 Å². The van der Waals surface area contributed by atoms with Gasteiger partial charge in [0, 0.05) is 17.7 Å². The van der Waals surface area contributed by atoms with Crippen LogP contribution in [0.25, 0.3) is 10.8 Å². The van der Waals surface area contributed by atoms with E-state index in [2.05, 4.69) is 41.0 Å². The van der Waals surface area contributed by atoms with Gasteiger partial charge in [-0.3, -0.25) is 4.79 Å². The zero-order valence-corrected chi connectivity index (χ0v) is 16.5. The molecule has 0 spiro atoms. The first-order valence-electron chi connectivity index (χ1n) is 10.1. The lowest BCUT2D eigenvalue weighted by Gasteiger charge is -2.30. The number of amides is 1. The van der Waals surface area contributed by atoms with Gasteiger partial charge in [0.2, 0.25) is 0 Å². The molecule has 4 aromatic rings. The number of hydrogen-bond acceptors (Lipinski definition) is 3. The van der Waals surface area contributed by atoms with Crippen LogP contribution in [0.2, 0.25) is 0 Å². The minimum Gasteiger partial charge on any atom is -0.493 e. The Labute approximate surface area is 175 Å². The zero-order valence-electron chi connectivity index (χ0n) is 16.5. The predicted molar refractivity (Wildman–Crippen MR) is 120 cm³/mol. The van der Waals surface area contributed by atoms with Crippen molar-refractivity contribution in [3.05, 3.63) is 108 Å². The van der Waals surface area contributed by atoms with E-state index in [4.69, 9.17) is 4.74 Å².